The van der Waals surface area contributed by atoms with Crippen LogP contribution in [-0.4, -0.2) is 46.6 Å². The number of carbonyl (C=O) groups excluding carboxylic acids is 1. The predicted molar refractivity (Wildman–Crippen MR) is 113 cm³/mol. The Morgan fingerprint density at radius 1 is 1.14 bits per heavy atom. The molecule has 3 aromatic rings. The Morgan fingerprint density at radius 3 is 2.68 bits per heavy atom. The molecule has 28 heavy (non-hydrogen) atoms. The summed E-state index contributed by atoms with van der Waals surface area (Å²) < 4.78 is 7.68. The second-order valence-corrected chi connectivity index (χ2v) is 6.76. The van der Waals surface area contributed by atoms with Crippen LogP contribution in [-0.2, 0) is 11.3 Å². The second-order valence-electron chi connectivity index (χ2n) is 6.76. The number of ether oxygens (including phenoxy) is 1. The van der Waals surface area contributed by atoms with Gasteiger partial charge in [0.1, 0.15) is 5.75 Å². The molecule has 3 rings (SSSR count). The van der Waals surface area contributed by atoms with Crippen LogP contribution in [0.4, 0.5) is 5.95 Å². The summed E-state index contributed by atoms with van der Waals surface area (Å²) in [6.45, 7) is 9.90. The van der Waals surface area contributed by atoms with Gasteiger partial charge in [0.2, 0.25) is 5.95 Å². The number of para-hydroxylation sites is 2. The summed E-state index contributed by atoms with van der Waals surface area (Å²) in [5, 5.41) is 2.91. The average Bonchev–Trinajstić information content (AvgIpc) is 3.04. The Hall–Kier alpha value is -2.86. The number of carbonyl (C=O) groups is 1. The summed E-state index contributed by atoms with van der Waals surface area (Å²) in [7, 11) is 0. The van der Waals surface area contributed by atoms with Crippen LogP contribution in [0, 0.1) is 6.92 Å². The Kier molecular flexibility index (Phi) is 6.66. The summed E-state index contributed by atoms with van der Waals surface area (Å²) in [4.78, 5) is 19.4. The number of nitrogens with zero attached hydrogens (tertiary/aromatic N) is 3. The monoisotopic (exact) mass is 380 g/mol. The van der Waals surface area contributed by atoms with E-state index in [-0.39, 0.29) is 12.5 Å². The molecule has 2 aromatic carbocycles. The summed E-state index contributed by atoms with van der Waals surface area (Å²) in [5.41, 5.74) is 2.98. The summed E-state index contributed by atoms with van der Waals surface area (Å²) in [6.07, 6.45) is 0. The van der Waals surface area contributed by atoms with Gasteiger partial charge in [-0.15, -0.1) is 0 Å². The number of aryl methyl sites for hydroxylation is 1. The number of rotatable bonds is 9. The van der Waals surface area contributed by atoms with Crippen LogP contribution in [0.2, 0.25) is 0 Å². The first-order chi connectivity index (χ1) is 13.6. The largest absolute Gasteiger partial charge is 0.484 e. The third kappa shape index (κ3) is 4.89. The number of amides is 1. The lowest BCUT2D eigenvalue weighted by molar-refractivity contribution is -0.118. The van der Waals surface area contributed by atoms with Crippen LogP contribution in [0.3, 0.4) is 0 Å². The molecule has 1 aromatic heterocycles. The van der Waals surface area contributed by atoms with E-state index < -0.39 is 0 Å². The standard InChI is InChI=1S/C22H28N4O2/c1-4-25(5-2)13-14-26-20-12-7-6-11-19(20)23-22(26)24-21(27)16-28-18-10-8-9-17(3)15-18/h6-12,15H,4-5,13-14,16H2,1-3H3,(H,23,24,27). The lowest BCUT2D eigenvalue weighted by Gasteiger charge is -2.19. The Balaban J connectivity index is 1.72. The molecule has 148 valence electrons. The average molecular weight is 380 g/mol. The highest BCUT2D eigenvalue weighted by Crippen LogP contribution is 2.20. The maximum atomic E-state index is 12.5. The highest BCUT2D eigenvalue weighted by Gasteiger charge is 2.14. The van der Waals surface area contributed by atoms with Crippen molar-refractivity contribution in [1.29, 1.82) is 0 Å². The van der Waals surface area contributed by atoms with E-state index in [4.69, 9.17) is 4.74 Å². The first-order valence-corrected chi connectivity index (χ1v) is 9.77. The minimum absolute atomic E-state index is 0.0529. The van der Waals surface area contributed by atoms with Crippen molar-refractivity contribution < 1.29 is 9.53 Å². The Bertz CT molecular complexity index is 931. The third-order valence-corrected chi connectivity index (χ3v) is 4.80. The number of imidazole rings is 1. The molecule has 0 bridgehead atoms. The lowest BCUT2D eigenvalue weighted by atomic mass is 10.2. The molecule has 6 heteroatoms. The van der Waals surface area contributed by atoms with Gasteiger partial charge in [-0.3, -0.25) is 10.1 Å². The van der Waals surface area contributed by atoms with Gasteiger partial charge >= 0.3 is 0 Å². The van der Waals surface area contributed by atoms with Crippen molar-refractivity contribution in [3.05, 3.63) is 54.1 Å². The van der Waals surface area contributed by atoms with Crippen molar-refractivity contribution in [3.63, 3.8) is 0 Å². The van der Waals surface area contributed by atoms with Crippen molar-refractivity contribution in [3.8, 4) is 5.75 Å². The third-order valence-electron chi connectivity index (χ3n) is 4.80. The molecular weight excluding hydrogens is 352 g/mol. The maximum absolute atomic E-state index is 12.5. The molecule has 0 saturated carbocycles. The number of hydrogen-bond acceptors (Lipinski definition) is 4. The van der Waals surface area contributed by atoms with Crippen molar-refractivity contribution in [1.82, 2.24) is 14.5 Å². The van der Waals surface area contributed by atoms with Gasteiger partial charge in [-0.25, -0.2) is 4.98 Å². The van der Waals surface area contributed by atoms with Crippen molar-refractivity contribution >= 4 is 22.9 Å². The van der Waals surface area contributed by atoms with Crippen molar-refractivity contribution in [2.45, 2.75) is 27.3 Å². The minimum Gasteiger partial charge on any atom is -0.484 e. The van der Waals surface area contributed by atoms with E-state index in [1.807, 2.05) is 55.5 Å². The molecule has 0 spiro atoms. The number of fused-ring (bicyclic) bond motifs is 1. The number of likely N-dealkylation sites (N-methyl/N-ethyl adjacent to an activating group) is 1. The van der Waals surface area contributed by atoms with Gasteiger partial charge in [0.05, 0.1) is 11.0 Å². The molecule has 0 aliphatic rings. The fourth-order valence-electron chi connectivity index (χ4n) is 3.19. The molecule has 0 unspecified atom stereocenters. The quantitative estimate of drug-likeness (QED) is 0.615. The minimum atomic E-state index is -0.221. The van der Waals surface area contributed by atoms with Crippen LogP contribution in [0.15, 0.2) is 48.5 Å². The zero-order valence-electron chi connectivity index (χ0n) is 16.8. The Labute approximate surface area is 166 Å². The van der Waals surface area contributed by atoms with Gasteiger partial charge in [0, 0.05) is 13.1 Å². The van der Waals surface area contributed by atoms with E-state index in [9.17, 15) is 4.79 Å². The van der Waals surface area contributed by atoms with Crippen molar-refractivity contribution in [2.24, 2.45) is 0 Å². The smallest absolute Gasteiger partial charge is 0.264 e. The van der Waals surface area contributed by atoms with Gasteiger partial charge < -0.3 is 14.2 Å². The second kappa shape index (κ2) is 9.37. The van der Waals surface area contributed by atoms with Crippen LogP contribution < -0.4 is 10.1 Å². The number of benzene rings is 2. The molecule has 6 nitrogen and oxygen atoms in total. The van der Waals surface area contributed by atoms with E-state index >= 15 is 0 Å². The van der Waals surface area contributed by atoms with Crippen LogP contribution in [0.5, 0.6) is 5.75 Å². The lowest BCUT2D eigenvalue weighted by Crippen LogP contribution is -2.28. The summed E-state index contributed by atoms with van der Waals surface area (Å²) >= 11 is 0. The van der Waals surface area contributed by atoms with Crippen LogP contribution >= 0.6 is 0 Å². The molecule has 0 radical (unpaired) electrons. The maximum Gasteiger partial charge on any atom is 0.264 e. The number of nitrogens with one attached hydrogen (secondary N) is 1. The molecule has 1 amide bonds. The van der Waals surface area contributed by atoms with Crippen LogP contribution in [0.1, 0.15) is 19.4 Å². The molecule has 0 atom stereocenters. The molecule has 0 aliphatic heterocycles. The summed E-state index contributed by atoms with van der Waals surface area (Å²) in [6, 6.07) is 15.6. The topological polar surface area (TPSA) is 59.4 Å². The highest BCUT2D eigenvalue weighted by atomic mass is 16.5. The van der Waals surface area contributed by atoms with Gasteiger partial charge in [-0.1, -0.05) is 38.1 Å². The highest BCUT2D eigenvalue weighted by molar-refractivity contribution is 5.92. The van der Waals surface area contributed by atoms with E-state index in [0.717, 1.165) is 42.8 Å². The fraction of sp³-hybridized carbons (Fsp3) is 0.364. The van der Waals surface area contributed by atoms with Crippen LogP contribution in [0.25, 0.3) is 11.0 Å². The first-order valence-electron chi connectivity index (χ1n) is 9.77. The van der Waals surface area contributed by atoms with E-state index in [0.29, 0.717) is 11.7 Å². The fourth-order valence-corrected chi connectivity index (χ4v) is 3.19. The summed E-state index contributed by atoms with van der Waals surface area (Å²) in [5.74, 6) is 1.03. The molecule has 0 fully saturated rings. The molecule has 0 aliphatic carbocycles. The van der Waals surface area contributed by atoms with Gasteiger partial charge in [0.15, 0.2) is 6.61 Å². The first kappa shape index (κ1) is 19.9. The number of anilines is 1. The zero-order chi connectivity index (χ0) is 19.9. The molecular formula is C22H28N4O2. The van der Waals surface area contributed by atoms with E-state index in [1.165, 1.54) is 0 Å². The normalized spacial score (nSPS) is 11.1. The molecule has 1 heterocycles. The van der Waals surface area contributed by atoms with Gasteiger partial charge in [0.25, 0.3) is 5.91 Å². The molecule has 0 saturated heterocycles. The van der Waals surface area contributed by atoms with E-state index in [2.05, 4.69) is 33.6 Å². The Morgan fingerprint density at radius 2 is 1.93 bits per heavy atom. The van der Waals surface area contributed by atoms with E-state index in [1.54, 1.807) is 0 Å². The molecule has 1 N–H and O–H groups in total. The van der Waals surface area contributed by atoms with Gasteiger partial charge in [-0.2, -0.15) is 0 Å². The number of hydrogen-bond donors (Lipinski definition) is 1. The van der Waals surface area contributed by atoms with Crippen molar-refractivity contribution in [2.75, 3.05) is 31.6 Å². The predicted octanol–water partition coefficient (Wildman–Crippen LogP) is 3.70. The van der Waals surface area contributed by atoms with Gasteiger partial charge in [-0.05, 0) is 49.8 Å². The zero-order valence-corrected chi connectivity index (χ0v) is 16.8. The number of aromatic nitrogens is 2. The SMILES string of the molecule is CCN(CC)CCn1c(NC(=O)COc2cccc(C)c2)nc2ccccc21.